The molecule has 0 fully saturated rings. The number of pyridine rings is 1. The fourth-order valence-electron chi connectivity index (χ4n) is 2.23. The van der Waals surface area contributed by atoms with E-state index in [1.807, 2.05) is 41.8 Å². The van der Waals surface area contributed by atoms with E-state index in [-0.39, 0.29) is 24.1 Å². The van der Waals surface area contributed by atoms with Crippen molar-refractivity contribution in [2.45, 2.75) is 6.54 Å². The Morgan fingerprint density at radius 3 is 2.50 bits per heavy atom. The Balaban J connectivity index is 1.75. The molecule has 0 bridgehead atoms. The number of aromatic nitrogens is 1. The highest BCUT2D eigenvalue weighted by atomic mass is 32.1. The van der Waals surface area contributed by atoms with Crippen molar-refractivity contribution in [2.75, 3.05) is 0 Å². The molecule has 3 aromatic rings. The average Bonchev–Trinajstić information content (AvgIpc) is 3.20. The van der Waals surface area contributed by atoms with Crippen LogP contribution in [0.1, 0.15) is 20.9 Å². The van der Waals surface area contributed by atoms with E-state index in [4.69, 9.17) is 0 Å². The lowest BCUT2D eigenvalue weighted by molar-refractivity contribution is -0.117. The second kappa shape index (κ2) is 8.73. The third kappa shape index (κ3) is 4.87. The molecule has 0 unspecified atom stereocenters. The zero-order valence-electron chi connectivity index (χ0n) is 13.9. The summed E-state index contributed by atoms with van der Waals surface area (Å²) in [5, 5.41) is 7.40. The highest BCUT2D eigenvalue weighted by molar-refractivity contribution is 7.10. The van der Waals surface area contributed by atoms with Gasteiger partial charge in [0, 0.05) is 16.6 Å². The van der Waals surface area contributed by atoms with E-state index in [0.717, 1.165) is 10.6 Å². The minimum Gasteiger partial charge on any atom is -0.345 e. The van der Waals surface area contributed by atoms with Crippen LogP contribution in [0, 0.1) is 0 Å². The number of hydrogen-bond acceptors (Lipinski definition) is 4. The van der Waals surface area contributed by atoms with Gasteiger partial charge in [0.05, 0.1) is 12.2 Å². The van der Waals surface area contributed by atoms with E-state index in [2.05, 4.69) is 15.6 Å². The zero-order valence-corrected chi connectivity index (χ0v) is 14.7. The van der Waals surface area contributed by atoms with Gasteiger partial charge < -0.3 is 10.6 Å². The van der Waals surface area contributed by atoms with Gasteiger partial charge in [0.15, 0.2) is 0 Å². The summed E-state index contributed by atoms with van der Waals surface area (Å²) in [6.07, 6.45) is 3.33. The fourth-order valence-corrected chi connectivity index (χ4v) is 2.88. The summed E-state index contributed by atoms with van der Waals surface area (Å²) < 4.78 is 0. The number of nitrogens with one attached hydrogen (secondary N) is 2. The lowest BCUT2D eigenvalue weighted by atomic mass is 10.2. The van der Waals surface area contributed by atoms with Crippen molar-refractivity contribution in [1.29, 1.82) is 0 Å². The first-order chi connectivity index (χ1) is 12.7. The van der Waals surface area contributed by atoms with Crippen molar-refractivity contribution in [1.82, 2.24) is 15.6 Å². The van der Waals surface area contributed by atoms with E-state index in [0.29, 0.717) is 5.56 Å². The molecule has 3 rings (SSSR count). The summed E-state index contributed by atoms with van der Waals surface area (Å²) in [6.45, 7) is 0.280. The minimum absolute atomic E-state index is 0.192. The normalized spacial score (nSPS) is 11.0. The molecule has 0 aliphatic heterocycles. The topological polar surface area (TPSA) is 71.1 Å². The van der Waals surface area contributed by atoms with Gasteiger partial charge in [0.25, 0.3) is 11.8 Å². The van der Waals surface area contributed by atoms with Gasteiger partial charge in [-0.05, 0) is 41.8 Å². The van der Waals surface area contributed by atoms with E-state index in [1.54, 1.807) is 36.5 Å². The molecular formula is C20H17N3O2S. The first-order valence-corrected chi connectivity index (χ1v) is 8.90. The second-order valence-electron chi connectivity index (χ2n) is 5.40. The van der Waals surface area contributed by atoms with Gasteiger partial charge in [-0.1, -0.05) is 30.3 Å². The lowest BCUT2D eigenvalue weighted by Crippen LogP contribution is -2.34. The Kier molecular flexibility index (Phi) is 5.90. The molecule has 130 valence electrons. The van der Waals surface area contributed by atoms with Crippen LogP contribution in [-0.4, -0.2) is 16.8 Å². The molecule has 0 atom stereocenters. The van der Waals surface area contributed by atoms with Gasteiger partial charge in [0.2, 0.25) is 0 Å². The van der Waals surface area contributed by atoms with Crippen LogP contribution in [0.15, 0.2) is 77.9 Å². The maximum absolute atomic E-state index is 12.6. The maximum atomic E-state index is 12.6. The molecule has 0 aliphatic rings. The van der Waals surface area contributed by atoms with Crippen LogP contribution in [-0.2, 0) is 11.3 Å². The van der Waals surface area contributed by atoms with Crippen LogP contribution >= 0.6 is 11.3 Å². The van der Waals surface area contributed by atoms with E-state index < -0.39 is 0 Å². The molecule has 1 aromatic carbocycles. The number of nitrogens with zero attached hydrogens (tertiary/aromatic N) is 1. The zero-order chi connectivity index (χ0) is 18.2. The van der Waals surface area contributed by atoms with Gasteiger partial charge in [0.1, 0.15) is 5.70 Å². The van der Waals surface area contributed by atoms with E-state index >= 15 is 0 Å². The monoisotopic (exact) mass is 363 g/mol. The largest absolute Gasteiger partial charge is 0.345 e. The summed E-state index contributed by atoms with van der Waals surface area (Å²) in [4.78, 5) is 30.1. The van der Waals surface area contributed by atoms with Crippen molar-refractivity contribution in [3.8, 4) is 0 Å². The Labute approximate surface area is 155 Å². The summed E-state index contributed by atoms with van der Waals surface area (Å²) >= 11 is 1.49. The maximum Gasteiger partial charge on any atom is 0.268 e. The molecule has 5 nitrogen and oxygen atoms in total. The Morgan fingerprint density at radius 2 is 1.81 bits per heavy atom. The Hall–Kier alpha value is -3.25. The predicted molar refractivity (Wildman–Crippen MR) is 102 cm³/mol. The smallest absolute Gasteiger partial charge is 0.268 e. The first kappa shape index (κ1) is 17.6. The summed E-state index contributed by atoms with van der Waals surface area (Å²) in [7, 11) is 0. The van der Waals surface area contributed by atoms with Gasteiger partial charge in [-0.2, -0.15) is 0 Å². The third-order valence-electron chi connectivity index (χ3n) is 3.51. The molecule has 2 amide bonds. The molecule has 0 radical (unpaired) electrons. The first-order valence-electron chi connectivity index (χ1n) is 8.02. The number of carbonyl (C=O) groups excluding carboxylic acids is 2. The van der Waals surface area contributed by atoms with Crippen molar-refractivity contribution in [2.24, 2.45) is 0 Å². The SMILES string of the molecule is O=C(NCc1ccccn1)/C(=C/c1cccs1)NC(=O)c1ccccc1. The number of benzene rings is 1. The van der Waals surface area contributed by atoms with E-state index in [1.165, 1.54) is 11.3 Å². The standard InChI is InChI=1S/C20H17N3O2S/c24-19(15-7-2-1-3-8-15)23-18(13-17-10-6-12-26-17)20(25)22-14-16-9-4-5-11-21-16/h1-13H,14H2,(H,22,25)(H,23,24)/b18-13-. The third-order valence-corrected chi connectivity index (χ3v) is 4.33. The highest BCUT2D eigenvalue weighted by Crippen LogP contribution is 2.13. The number of amides is 2. The molecule has 2 aromatic heterocycles. The van der Waals surface area contributed by atoms with Crippen LogP contribution in [0.3, 0.4) is 0 Å². The molecule has 0 saturated carbocycles. The summed E-state index contributed by atoms with van der Waals surface area (Å²) in [5.41, 5.74) is 1.42. The molecule has 6 heteroatoms. The molecule has 0 saturated heterocycles. The summed E-state index contributed by atoms with van der Waals surface area (Å²) in [5.74, 6) is -0.699. The number of thiophene rings is 1. The number of rotatable bonds is 6. The average molecular weight is 363 g/mol. The van der Waals surface area contributed by atoms with Gasteiger partial charge in [-0.15, -0.1) is 11.3 Å². The van der Waals surface area contributed by atoms with Crippen LogP contribution in [0.4, 0.5) is 0 Å². The molecule has 2 heterocycles. The van der Waals surface area contributed by atoms with Gasteiger partial charge in [-0.3, -0.25) is 14.6 Å². The predicted octanol–water partition coefficient (Wildman–Crippen LogP) is 3.23. The van der Waals surface area contributed by atoms with Crippen molar-refractivity contribution in [3.63, 3.8) is 0 Å². The number of carbonyl (C=O) groups is 2. The number of hydrogen-bond donors (Lipinski definition) is 2. The Morgan fingerprint density at radius 1 is 1.00 bits per heavy atom. The molecule has 26 heavy (non-hydrogen) atoms. The molecule has 0 spiro atoms. The second-order valence-corrected chi connectivity index (χ2v) is 6.38. The van der Waals surface area contributed by atoms with Gasteiger partial charge >= 0.3 is 0 Å². The van der Waals surface area contributed by atoms with E-state index in [9.17, 15) is 9.59 Å². The van der Waals surface area contributed by atoms with Gasteiger partial charge in [-0.25, -0.2) is 0 Å². The van der Waals surface area contributed by atoms with Crippen LogP contribution in [0.2, 0.25) is 0 Å². The minimum atomic E-state index is -0.367. The summed E-state index contributed by atoms with van der Waals surface area (Å²) in [6, 6.07) is 18.0. The van der Waals surface area contributed by atoms with Crippen LogP contribution < -0.4 is 10.6 Å². The Bertz CT molecular complexity index is 891. The van der Waals surface area contributed by atoms with Crippen molar-refractivity contribution in [3.05, 3.63) is 94.1 Å². The van der Waals surface area contributed by atoms with Crippen LogP contribution in [0.5, 0.6) is 0 Å². The molecular weight excluding hydrogens is 346 g/mol. The van der Waals surface area contributed by atoms with Crippen molar-refractivity contribution >= 4 is 29.2 Å². The lowest BCUT2D eigenvalue weighted by Gasteiger charge is -2.10. The van der Waals surface area contributed by atoms with Crippen LogP contribution in [0.25, 0.3) is 6.08 Å². The quantitative estimate of drug-likeness (QED) is 0.661. The molecule has 0 aliphatic carbocycles. The van der Waals surface area contributed by atoms with Crippen molar-refractivity contribution < 1.29 is 9.59 Å². The highest BCUT2D eigenvalue weighted by Gasteiger charge is 2.14. The fraction of sp³-hybridized carbons (Fsp3) is 0.0500. The molecule has 2 N–H and O–H groups in total.